The average molecular weight is 517 g/mol. The van der Waals surface area contributed by atoms with E-state index < -0.39 is 18.1 Å². The zero-order chi connectivity index (χ0) is 26.6. The molecule has 8 nitrogen and oxygen atoms in total. The van der Waals surface area contributed by atoms with Gasteiger partial charge in [0.25, 0.3) is 5.91 Å². The second-order valence-corrected chi connectivity index (χ2v) is 9.21. The number of hydrogen-bond donors (Lipinski definition) is 0. The number of unbranched alkanes of at least 4 members (excludes halogenated alkanes) is 1. The number of nitrogens with zero attached hydrogens (tertiary/aromatic N) is 2. The minimum atomic E-state index is -0.953. The minimum Gasteiger partial charge on any atom is -0.494 e. The number of imide groups is 1. The molecule has 5 rings (SSSR count). The number of benzene rings is 3. The van der Waals surface area contributed by atoms with E-state index in [1.165, 1.54) is 4.90 Å². The third-order valence-corrected chi connectivity index (χ3v) is 6.82. The van der Waals surface area contributed by atoms with Crippen molar-refractivity contribution in [3.05, 3.63) is 78.4 Å². The van der Waals surface area contributed by atoms with Gasteiger partial charge in [-0.3, -0.25) is 14.4 Å². The Balaban J connectivity index is 1.51. The molecular formula is C30H32N2O6. The number of amides is 2. The fourth-order valence-corrected chi connectivity index (χ4v) is 4.98. The van der Waals surface area contributed by atoms with E-state index in [2.05, 4.69) is 6.92 Å². The largest absolute Gasteiger partial charge is 0.494 e. The molecule has 198 valence electrons. The van der Waals surface area contributed by atoms with Gasteiger partial charge in [0.05, 0.1) is 37.7 Å². The van der Waals surface area contributed by atoms with Crippen molar-refractivity contribution < 1.29 is 28.6 Å². The summed E-state index contributed by atoms with van der Waals surface area (Å²) in [6.07, 6.45) is 1.01. The van der Waals surface area contributed by atoms with Crippen LogP contribution in [0.5, 0.6) is 17.2 Å². The summed E-state index contributed by atoms with van der Waals surface area (Å²) in [5.74, 6) is 0.430. The van der Waals surface area contributed by atoms with Crippen LogP contribution >= 0.6 is 0 Å². The lowest BCUT2D eigenvalue weighted by atomic mass is 9.90. The van der Waals surface area contributed by atoms with E-state index in [9.17, 15) is 9.59 Å². The fraction of sp³-hybridized carbons (Fsp3) is 0.333. The molecule has 3 aromatic carbocycles. The molecule has 0 unspecified atom stereocenters. The van der Waals surface area contributed by atoms with Crippen molar-refractivity contribution >= 4 is 23.2 Å². The fourth-order valence-electron chi connectivity index (χ4n) is 4.98. The van der Waals surface area contributed by atoms with Crippen LogP contribution in [0.25, 0.3) is 0 Å². The molecule has 3 atom stereocenters. The van der Waals surface area contributed by atoms with Crippen LogP contribution in [0.4, 0.5) is 11.4 Å². The number of ether oxygens (including phenoxy) is 3. The van der Waals surface area contributed by atoms with Crippen LogP contribution < -0.4 is 24.2 Å². The number of hydrogen-bond acceptors (Lipinski definition) is 7. The van der Waals surface area contributed by atoms with Crippen LogP contribution in [-0.4, -0.2) is 38.2 Å². The Bertz CT molecular complexity index is 1280. The van der Waals surface area contributed by atoms with Gasteiger partial charge in [-0.1, -0.05) is 37.6 Å². The second kappa shape index (κ2) is 11.1. The van der Waals surface area contributed by atoms with Crippen LogP contribution in [0.1, 0.15) is 38.3 Å². The molecule has 0 aliphatic carbocycles. The number of carbonyl (C=O) groups excluding carboxylic acids is 2. The molecule has 2 aliphatic heterocycles. The topological polar surface area (TPSA) is 77.5 Å². The summed E-state index contributed by atoms with van der Waals surface area (Å²) in [4.78, 5) is 34.9. The normalized spacial score (nSPS) is 20.6. The molecule has 8 heteroatoms. The van der Waals surface area contributed by atoms with Crippen molar-refractivity contribution in [2.75, 3.05) is 30.3 Å². The molecule has 2 fully saturated rings. The number of fused-ring (bicyclic) bond motifs is 1. The monoisotopic (exact) mass is 516 g/mol. The molecule has 38 heavy (non-hydrogen) atoms. The zero-order valence-electron chi connectivity index (χ0n) is 21.8. The van der Waals surface area contributed by atoms with E-state index in [0.29, 0.717) is 36.1 Å². The lowest BCUT2D eigenvalue weighted by Crippen LogP contribution is -2.37. The highest BCUT2D eigenvalue weighted by atomic mass is 16.7. The minimum absolute atomic E-state index is 0.310. The summed E-state index contributed by atoms with van der Waals surface area (Å²) in [7, 11) is 1.59. The molecule has 0 N–H and O–H groups in total. The molecular weight excluding hydrogens is 484 g/mol. The quantitative estimate of drug-likeness (QED) is 0.266. The number of carbonyl (C=O) groups is 2. The molecule has 0 radical (unpaired) electrons. The molecule has 2 amide bonds. The summed E-state index contributed by atoms with van der Waals surface area (Å²) >= 11 is 0. The molecule has 2 heterocycles. The Kier molecular flexibility index (Phi) is 7.51. The Morgan fingerprint density at radius 3 is 2.29 bits per heavy atom. The van der Waals surface area contributed by atoms with Gasteiger partial charge in [-0.25, -0.2) is 9.96 Å². The molecule has 0 aromatic heterocycles. The highest BCUT2D eigenvalue weighted by Crippen LogP contribution is 2.48. The van der Waals surface area contributed by atoms with Gasteiger partial charge >= 0.3 is 0 Å². The SMILES string of the molecule is CCCCOc1ccc([C@@H]2[C@@H]3C(=O)N(c4ccc(OCC)cc4)C(=O)[C@@H]3ON2c2ccccc2)cc1OC. The maximum Gasteiger partial charge on any atom is 0.266 e. The highest BCUT2D eigenvalue weighted by Gasteiger charge is 2.60. The van der Waals surface area contributed by atoms with Gasteiger partial charge in [0.1, 0.15) is 11.7 Å². The number of rotatable bonds is 10. The summed E-state index contributed by atoms with van der Waals surface area (Å²) in [5.41, 5.74) is 2.03. The average Bonchev–Trinajstić information content (AvgIpc) is 3.46. The molecule has 0 spiro atoms. The van der Waals surface area contributed by atoms with Gasteiger partial charge in [-0.05, 0) is 67.4 Å². The van der Waals surface area contributed by atoms with Crippen molar-refractivity contribution in [3.8, 4) is 17.2 Å². The van der Waals surface area contributed by atoms with E-state index in [1.54, 1.807) is 36.4 Å². The van der Waals surface area contributed by atoms with E-state index in [1.807, 2.05) is 55.5 Å². The lowest BCUT2D eigenvalue weighted by molar-refractivity contribution is -0.126. The number of hydroxylamine groups is 1. The first kappa shape index (κ1) is 25.6. The Labute approximate surface area is 222 Å². The van der Waals surface area contributed by atoms with Crippen molar-refractivity contribution in [2.45, 2.75) is 38.8 Å². The van der Waals surface area contributed by atoms with Gasteiger partial charge < -0.3 is 14.2 Å². The van der Waals surface area contributed by atoms with E-state index in [0.717, 1.165) is 24.1 Å². The van der Waals surface area contributed by atoms with Gasteiger partial charge in [-0.2, -0.15) is 0 Å². The van der Waals surface area contributed by atoms with Crippen LogP contribution in [-0.2, 0) is 14.4 Å². The molecule has 0 bridgehead atoms. The first-order chi connectivity index (χ1) is 18.6. The predicted molar refractivity (Wildman–Crippen MR) is 144 cm³/mol. The predicted octanol–water partition coefficient (Wildman–Crippen LogP) is 5.32. The summed E-state index contributed by atoms with van der Waals surface area (Å²) in [5, 5.41) is 1.67. The third kappa shape index (κ3) is 4.67. The smallest absolute Gasteiger partial charge is 0.266 e. The first-order valence-electron chi connectivity index (χ1n) is 13.0. The van der Waals surface area contributed by atoms with E-state index in [-0.39, 0.29) is 11.8 Å². The van der Waals surface area contributed by atoms with Crippen molar-refractivity contribution in [1.82, 2.24) is 0 Å². The highest BCUT2D eigenvalue weighted by molar-refractivity contribution is 6.23. The van der Waals surface area contributed by atoms with Crippen LogP contribution in [0, 0.1) is 5.92 Å². The molecule has 2 saturated heterocycles. The Morgan fingerprint density at radius 1 is 0.842 bits per heavy atom. The summed E-state index contributed by atoms with van der Waals surface area (Å²) in [6.45, 7) is 5.12. The standard InChI is InChI=1S/C30H32N2O6/c1-4-6-18-37-24-17-12-20(19-25(24)35-3)27-26-28(38-32(27)22-10-8-7-9-11-22)30(34)31(29(26)33)21-13-15-23(16-14-21)36-5-2/h7-17,19,26-28H,4-6,18H2,1-3H3/t26-,27+,28+/m0/s1. The third-order valence-electron chi connectivity index (χ3n) is 6.82. The lowest BCUT2D eigenvalue weighted by Gasteiger charge is -2.29. The van der Waals surface area contributed by atoms with E-state index in [4.69, 9.17) is 19.0 Å². The number of para-hydroxylation sites is 1. The number of anilines is 2. The van der Waals surface area contributed by atoms with Gasteiger partial charge in [0.15, 0.2) is 17.6 Å². The maximum atomic E-state index is 13.9. The molecule has 0 saturated carbocycles. The van der Waals surface area contributed by atoms with Crippen LogP contribution in [0.15, 0.2) is 72.8 Å². The molecule has 3 aromatic rings. The van der Waals surface area contributed by atoms with Gasteiger partial charge in [0, 0.05) is 0 Å². The Morgan fingerprint density at radius 2 is 1.61 bits per heavy atom. The summed E-state index contributed by atoms with van der Waals surface area (Å²) in [6, 6.07) is 21.5. The maximum absolute atomic E-state index is 13.9. The first-order valence-corrected chi connectivity index (χ1v) is 13.0. The van der Waals surface area contributed by atoms with Crippen molar-refractivity contribution in [2.24, 2.45) is 5.92 Å². The van der Waals surface area contributed by atoms with Crippen molar-refractivity contribution in [1.29, 1.82) is 0 Å². The summed E-state index contributed by atoms with van der Waals surface area (Å²) < 4.78 is 17.1. The van der Waals surface area contributed by atoms with Crippen LogP contribution in [0.2, 0.25) is 0 Å². The molecule has 2 aliphatic rings. The van der Waals surface area contributed by atoms with Gasteiger partial charge in [-0.15, -0.1) is 0 Å². The zero-order valence-corrected chi connectivity index (χ0v) is 21.8. The van der Waals surface area contributed by atoms with Crippen LogP contribution in [0.3, 0.4) is 0 Å². The number of methoxy groups -OCH3 is 1. The second-order valence-electron chi connectivity index (χ2n) is 9.21. The van der Waals surface area contributed by atoms with Crippen molar-refractivity contribution in [3.63, 3.8) is 0 Å². The van der Waals surface area contributed by atoms with E-state index >= 15 is 0 Å². The van der Waals surface area contributed by atoms with Gasteiger partial charge in [0.2, 0.25) is 5.91 Å². The Hall–Kier alpha value is -4.04.